The molecule has 0 radical (unpaired) electrons. The molecular formula is C60H78N8O17. The summed E-state index contributed by atoms with van der Waals surface area (Å²) in [5.41, 5.74) is 9.20. The number of fused-ring (bicyclic) bond motifs is 2. The molecule has 0 bridgehead atoms. The SMILES string of the molecule is CCCCCOc1ccc(-c2ccc(-c3ccc(C(=O)N[C@@H]4C[C@@H](O)[C@@H](OCCN)NC(=O)[C@@H]5[C@@H](O)[C@@H](C)CN5C(=O)[C@H]([C@H](C)O)NC(=O)[C@H]([C@H](O)[C@@H](O)c5ccc(O)cc5)NC(=O)[C@@H]5C[C@@H](O)CN5C(=O)[C@H]([C@H](C)O)NC4=O)cc3)cc2)cc1. The van der Waals surface area contributed by atoms with Crippen LogP contribution in [0.1, 0.15) is 81.8 Å². The summed E-state index contributed by atoms with van der Waals surface area (Å²) < 4.78 is 11.6. The Bertz CT molecular complexity index is 2930. The van der Waals surface area contributed by atoms with E-state index in [1.807, 2.05) is 48.5 Å². The van der Waals surface area contributed by atoms with Gasteiger partial charge in [0.05, 0.1) is 37.6 Å². The Morgan fingerprint density at radius 1 is 0.659 bits per heavy atom. The van der Waals surface area contributed by atoms with Crippen LogP contribution in [0.5, 0.6) is 11.5 Å². The maximum Gasteiger partial charge on any atom is 0.251 e. The van der Waals surface area contributed by atoms with Crippen molar-refractivity contribution in [3.8, 4) is 33.8 Å². The highest BCUT2D eigenvalue weighted by Crippen LogP contribution is 2.30. The van der Waals surface area contributed by atoms with Crippen LogP contribution < -0.4 is 37.1 Å². The number of nitrogens with one attached hydrogen (secondary N) is 5. The van der Waals surface area contributed by atoms with Crippen LogP contribution in [0, 0.1) is 5.92 Å². The normalized spacial score (nSPS) is 27.0. The van der Waals surface area contributed by atoms with E-state index in [2.05, 4.69) is 33.5 Å². The summed E-state index contributed by atoms with van der Waals surface area (Å²) in [6.07, 6.45) is -12.8. The molecule has 15 atom stereocenters. The van der Waals surface area contributed by atoms with E-state index >= 15 is 0 Å². The van der Waals surface area contributed by atoms with Crippen molar-refractivity contribution in [3.63, 3.8) is 0 Å². The number of aliphatic hydroxyl groups is 7. The third-order valence-electron chi connectivity index (χ3n) is 15.4. The zero-order valence-corrected chi connectivity index (χ0v) is 47.7. The molecule has 3 saturated heterocycles. The van der Waals surface area contributed by atoms with Gasteiger partial charge in [-0.05, 0) is 84.5 Å². The summed E-state index contributed by atoms with van der Waals surface area (Å²) in [4.78, 5) is 103. The molecule has 3 aliphatic heterocycles. The van der Waals surface area contributed by atoms with Gasteiger partial charge in [0.15, 0.2) is 6.23 Å². The zero-order valence-electron chi connectivity index (χ0n) is 47.7. The van der Waals surface area contributed by atoms with Crippen LogP contribution in [-0.2, 0) is 33.5 Å². The highest BCUT2D eigenvalue weighted by Gasteiger charge is 2.50. The first-order valence-corrected chi connectivity index (χ1v) is 28.5. The second-order valence-electron chi connectivity index (χ2n) is 21.9. The van der Waals surface area contributed by atoms with Crippen molar-refractivity contribution in [2.45, 2.75) is 145 Å². The Labute approximate surface area is 491 Å². The molecule has 3 fully saturated rings. The van der Waals surface area contributed by atoms with Crippen molar-refractivity contribution in [2.24, 2.45) is 11.7 Å². The number of unbranched alkanes of at least 4 members (excludes halogenated alkanes) is 2. The molecule has 460 valence electrons. The fraction of sp³-hybridized carbons (Fsp3) is 0.483. The van der Waals surface area contributed by atoms with E-state index in [-0.39, 0.29) is 36.6 Å². The first kappa shape index (κ1) is 65.0. The number of carbonyl (C=O) groups excluding carboxylic acids is 7. The van der Waals surface area contributed by atoms with E-state index in [0.717, 1.165) is 83.0 Å². The average molecular weight is 1180 g/mol. The molecule has 25 nitrogen and oxygen atoms in total. The smallest absolute Gasteiger partial charge is 0.251 e. The van der Waals surface area contributed by atoms with Gasteiger partial charge in [0, 0.05) is 44.0 Å². The number of hydrogen-bond acceptors (Lipinski definition) is 18. The molecule has 7 amide bonds. The van der Waals surface area contributed by atoms with Gasteiger partial charge in [-0.25, -0.2) is 0 Å². The molecule has 85 heavy (non-hydrogen) atoms. The van der Waals surface area contributed by atoms with Crippen molar-refractivity contribution in [2.75, 3.05) is 32.8 Å². The molecule has 3 heterocycles. The van der Waals surface area contributed by atoms with Gasteiger partial charge in [-0.15, -0.1) is 0 Å². The van der Waals surface area contributed by atoms with Crippen LogP contribution in [0.2, 0.25) is 0 Å². The van der Waals surface area contributed by atoms with E-state index in [4.69, 9.17) is 15.2 Å². The Morgan fingerprint density at radius 2 is 1.20 bits per heavy atom. The Kier molecular flexibility index (Phi) is 22.5. The highest BCUT2D eigenvalue weighted by molar-refractivity contribution is 6.00. The van der Waals surface area contributed by atoms with E-state index < -0.39 is 152 Å². The lowest BCUT2D eigenvalue weighted by Gasteiger charge is -2.34. The topological polar surface area (TPSA) is 392 Å². The summed E-state index contributed by atoms with van der Waals surface area (Å²) in [6.45, 7) is 5.08. The van der Waals surface area contributed by atoms with Gasteiger partial charge in [-0.2, -0.15) is 0 Å². The number of benzene rings is 4. The molecular weight excluding hydrogens is 1100 g/mol. The van der Waals surface area contributed by atoms with E-state index in [1.54, 1.807) is 12.1 Å². The lowest BCUT2D eigenvalue weighted by Crippen LogP contribution is -2.64. The monoisotopic (exact) mass is 1180 g/mol. The van der Waals surface area contributed by atoms with Crippen molar-refractivity contribution < 1.29 is 83.9 Å². The second-order valence-corrected chi connectivity index (χ2v) is 21.9. The first-order chi connectivity index (χ1) is 40.5. The van der Waals surface area contributed by atoms with Crippen LogP contribution >= 0.6 is 0 Å². The molecule has 4 aromatic rings. The molecule has 0 aliphatic carbocycles. The second kappa shape index (κ2) is 29.5. The fourth-order valence-electron chi connectivity index (χ4n) is 10.6. The largest absolute Gasteiger partial charge is 0.508 e. The van der Waals surface area contributed by atoms with E-state index in [1.165, 1.54) is 31.2 Å². The number of phenols is 1. The minimum atomic E-state index is -2.29. The summed E-state index contributed by atoms with van der Waals surface area (Å²) in [5, 5.41) is 102. The molecule has 0 saturated carbocycles. The van der Waals surface area contributed by atoms with Crippen LogP contribution in [-0.4, -0.2) is 204 Å². The molecule has 0 aromatic heterocycles. The van der Waals surface area contributed by atoms with Gasteiger partial charge < -0.3 is 92.4 Å². The van der Waals surface area contributed by atoms with Gasteiger partial charge >= 0.3 is 0 Å². The fourth-order valence-corrected chi connectivity index (χ4v) is 10.6. The van der Waals surface area contributed by atoms with Gasteiger partial charge in [0.2, 0.25) is 35.4 Å². The third-order valence-corrected chi connectivity index (χ3v) is 15.4. The van der Waals surface area contributed by atoms with E-state index in [9.17, 15) is 74.4 Å². The number of hydrogen-bond donors (Lipinski definition) is 14. The summed E-state index contributed by atoms with van der Waals surface area (Å²) in [7, 11) is 0. The average Bonchev–Trinajstić information content (AvgIpc) is 3.51. The number of nitrogens with zero attached hydrogens (tertiary/aromatic N) is 2. The maximum absolute atomic E-state index is 14.7. The lowest BCUT2D eigenvalue weighted by atomic mass is 9.96. The number of carbonyl (C=O) groups is 7. The number of aromatic hydroxyl groups is 1. The third kappa shape index (κ3) is 16.0. The molecule has 3 aliphatic rings. The van der Waals surface area contributed by atoms with Gasteiger partial charge in [0.25, 0.3) is 5.91 Å². The molecule has 0 unspecified atom stereocenters. The minimum Gasteiger partial charge on any atom is -0.508 e. The summed E-state index contributed by atoms with van der Waals surface area (Å²) in [5.74, 6) is -8.38. The number of nitrogens with two attached hydrogens (primary N) is 1. The summed E-state index contributed by atoms with van der Waals surface area (Å²) in [6, 6.07) is 15.1. The quantitative estimate of drug-likeness (QED) is 0.0567. The number of aliphatic hydroxyl groups excluding tert-OH is 7. The van der Waals surface area contributed by atoms with Crippen molar-refractivity contribution >= 4 is 41.4 Å². The molecule has 4 aromatic carbocycles. The van der Waals surface area contributed by atoms with Crippen LogP contribution in [0.15, 0.2) is 97.1 Å². The van der Waals surface area contributed by atoms with Crippen molar-refractivity contribution in [1.29, 1.82) is 0 Å². The molecule has 25 heteroatoms. The minimum absolute atomic E-state index is 0.0332. The zero-order chi connectivity index (χ0) is 61.8. The van der Waals surface area contributed by atoms with Crippen LogP contribution in [0.25, 0.3) is 22.3 Å². The van der Waals surface area contributed by atoms with Gasteiger partial charge in [-0.3, -0.25) is 33.6 Å². The van der Waals surface area contributed by atoms with Crippen molar-refractivity contribution in [1.82, 2.24) is 36.4 Å². The predicted octanol–water partition coefficient (Wildman–Crippen LogP) is -0.944. The van der Waals surface area contributed by atoms with Crippen molar-refractivity contribution in [3.05, 3.63) is 108 Å². The van der Waals surface area contributed by atoms with E-state index in [0.29, 0.717) is 6.61 Å². The van der Waals surface area contributed by atoms with Gasteiger partial charge in [-0.1, -0.05) is 87.4 Å². The number of amides is 7. The standard InChI is InChI=1S/C60H78N8O17/c1-5-6-7-25-84-42-22-18-37(19-23-42)35-10-8-34(9-11-35)36-12-14-39(15-13-36)53(77)62-43-28-45(73)58(85-26-24-61)66-57(81)49-50(74)31(2)29-68(49)60(83)47(33(4)70)64-56(80)48(52(76)51(75)38-16-20-40(71)21-17-38)65-55(79)44-27-41(72)30-67(44)59(82)46(32(3)69)63-54(43)78/h8-23,31-33,41,43-52,58,69-76H,5-7,24-30,61H2,1-4H3,(H,62,77)(H,63,78)(H,64,80)(H,65,79)(H,66,81)/t31-,32-,33-,41+,43+,44-,45+,46-,47-,48-,49-,50-,51-,52-,58+/m0/s1. The number of ether oxygens (including phenoxy) is 2. The number of rotatable bonds is 17. The lowest BCUT2D eigenvalue weighted by molar-refractivity contribution is -0.149. The van der Waals surface area contributed by atoms with Gasteiger partial charge in [0.1, 0.15) is 66.1 Å². The molecule has 7 rings (SSSR count). The Morgan fingerprint density at radius 3 is 1.76 bits per heavy atom. The highest BCUT2D eigenvalue weighted by atomic mass is 16.5. The molecule has 15 N–H and O–H groups in total. The predicted molar refractivity (Wildman–Crippen MR) is 306 cm³/mol. The Balaban J connectivity index is 1.21. The molecule has 0 spiro atoms. The maximum atomic E-state index is 14.7. The Hall–Kier alpha value is -7.59. The number of phenolic OH excluding ortho intramolecular Hbond substituents is 1. The summed E-state index contributed by atoms with van der Waals surface area (Å²) >= 11 is 0. The first-order valence-electron chi connectivity index (χ1n) is 28.5. The van der Waals surface area contributed by atoms with Crippen LogP contribution in [0.3, 0.4) is 0 Å². The van der Waals surface area contributed by atoms with Crippen LogP contribution in [0.4, 0.5) is 0 Å².